The Morgan fingerprint density at radius 1 is 1.06 bits per heavy atom. The molecule has 0 unspecified atom stereocenters. The standard InChI is InChI=1S/C13H15BrO3/c14-11-3-1-10(2-4-11)13(8-17-9-13)12(5-15)6-16-7-12/h1-4,15H,5-9H2. The second-order valence-corrected chi connectivity index (χ2v) is 5.93. The van der Waals surface area contributed by atoms with Crippen LogP contribution in [0.2, 0.25) is 0 Å². The van der Waals surface area contributed by atoms with Crippen LogP contribution in [-0.2, 0) is 14.9 Å². The van der Waals surface area contributed by atoms with Gasteiger partial charge in [0.1, 0.15) is 0 Å². The van der Waals surface area contributed by atoms with E-state index in [4.69, 9.17) is 9.47 Å². The minimum Gasteiger partial charge on any atom is -0.396 e. The molecular formula is C13H15BrO3. The molecule has 0 atom stereocenters. The molecule has 1 N–H and O–H groups in total. The summed E-state index contributed by atoms with van der Waals surface area (Å²) in [6.45, 7) is 2.77. The maximum Gasteiger partial charge on any atom is 0.0593 e. The van der Waals surface area contributed by atoms with E-state index < -0.39 is 0 Å². The second-order valence-electron chi connectivity index (χ2n) is 5.01. The number of hydrogen-bond acceptors (Lipinski definition) is 3. The molecule has 2 saturated heterocycles. The monoisotopic (exact) mass is 298 g/mol. The van der Waals surface area contributed by atoms with E-state index in [1.165, 1.54) is 5.56 Å². The van der Waals surface area contributed by atoms with Crippen molar-refractivity contribution < 1.29 is 14.6 Å². The molecule has 1 aromatic rings. The van der Waals surface area contributed by atoms with Gasteiger partial charge in [-0.15, -0.1) is 0 Å². The third-order valence-corrected chi connectivity index (χ3v) is 4.70. The van der Waals surface area contributed by atoms with Gasteiger partial charge >= 0.3 is 0 Å². The van der Waals surface area contributed by atoms with E-state index in [1.807, 2.05) is 12.1 Å². The maximum atomic E-state index is 9.71. The zero-order valence-corrected chi connectivity index (χ0v) is 11.1. The molecule has 4 heteroatoms. The average molecular weight is 299 g/mol. The third-order valence-electron chi connectivity index (χ3n) is 4.17. The highest BCUT2D eigenvalue weighted by Crippen LogP contribution is 2.51. The zero-order valence-electron chi connectivity index (χ0n) is 9.49. The topological polar surface area (TPSA) is 38.7 Å². The molecule has 17 heavy (non-hydrogen) atoms. The van der Waals surface area contributed by atoms with Gasteiger partial charge in [0, 0.05) is 4.47 Å². The molecule has 0 aromatic heterocycles. The van der Waals surface area contributed by atoms with Crippen molar-refractivity contribution in [3.63, 3.8) is 0 Å². The number of aliphatic hydroxyl groups excluding tert-OH is 1. The van der Waals surface area contributed by atoms with Crippen LogP contribution in [0.25, 0.3) is 0 Å². The maximum absolute atomic E-state index is 9.71. The predicted molar refractivity (Wildman–Crippen MR) is 67.0 cm³/mol. The Kier molecular flexibility index (Phi) is 2.78. The van der Waals surface area contributed by atoms with Gasteiger partial charge in [-0.2, -0.15) is 0 Å². The van der Waals surface area contributed by atoms with Crippen molar-refractivity contribution in [3.8, 4) is 0 Å². The molecule has 0 amide bonds. The van der Waals surface area contributed by atoms with Crippen molar-refractivity contribution in [1.82, 2.24) is 0 Å². The molecule has 92 valence electrons. The summed E-state index contributed by atoms with van der Waals surface area (Å²) < 4.78 is 11.8. The van der Waals surface area contributed by atoms with Gasteiger partial charge < -0.3 is 14.6 Å². The smallest absolute Gasteiger partial charge is 0.0593 e. The van der Waals surface area contributed by atoms with Crippen LogP contribution in [0.4, 0.5) is 0 Å². The first-order chi connectivity index (χ1) is 8.22. The SMILES string of the molecule is OCC1(C2(c3ccc(Br)cc3)COC2)COC1. The Labute approximate surface area is 109 Å². The fraction of sp³-hybridized carbons (Fsp3) is 0.538. The van der Waals surface area contributed by atoms with E-state index in [1.54, 1.807) is 0 Å². The van der Waals surface area contributed by atoms with Crippen LogP contribution in [0.15, 0.2) is 28.7 Å². The summed E-state index contributed by atoms with van der Waals surface area (Å²) >= 11 is 3.45. The van der Waals surface area contributed by atoms with Crippen molar-refractivity contribution in [1.29, 1.82) is 0 Å². The molecule has 2 aliphatic rings. The molecular weight excluding hydrogens is 284 g/mol. The van der Waals surface area contributed by atoms with Crippen molar-refractivity contribution in [3.05, 3.63) is 34.3 Å². The summed E-state index contributed by atoms with van der Waals surface area (Å²) in [5, 5.41) is 9.71. The molecule has 2 heterocycles. The summed E-state index contributed by atoms with van der Waals surface area (Å²) in [5.41, 5.74) is 1.02. The zero-order chi connectivity index (χ0) is 11.9. The van der Waals surface area contributed by atoms with Gasteiger partial charge in [0.15, 0.2) is 0 Å². The number of rotatable bonds is 3. The van der Waals surface area contributed by atoms with Crippen LogP contribution in [0.5, 0.6) is 0 Å². The fourth-order valence-corrected chi connectivity index (χ4v) is 2.99. The van der Waals surface area contributed by atoms with E-state index in [9.17, 15) is 5.11 Å². The van der Waals surface area contributed by atoms with Crippen LogP contribution in [0.3, 0.4) is 0 Å². The molecule has 1 aromatic carbocycles. The van der Waals surface area contributed by atoms with Gasteiger partial charge in [0.2, 0.25) is 0 Å². The first kappa shape index (κ1) is 11.7. The quantitative estimate of drug-likeness (QED) is 0.924. The molecule has 2 fully saturated rings. The van der Waals surface area contributed by atoms with Crippen molar-refractivity contribution in [2.24, 2.45) is 5.41 Å². The second kappa shape index (κ2) is 4.05. The summed E-state index contributed by atoms with van der Waals surface area (Å²) in [4.78, 5) is 0. The lowest BCUT2D eigenvalue weighted by Gasteiger charge is -2.58. The van der Waals surface area contributed by atoms with Crippen LogP contribution >= 0.6 is 15.9 Å². The van der Waals surface area contributed by atoms with E-state index >= 15 is 0 Å². The highest BCUT2D eigenvalue weighted by atomic mass is 79.9. The molecule has 0 bridgehead atoms. The minimum absolute atomic E-state index is 0.0687. The summed E-state index contributed by atoms with van der Waals surface area (Å²) in [5.74, 6) is 0. The summed E-state index contributed by atoms with van der Waals surface area (Å²) in [6.07, 6.45) is 0. The van der Waals surface area contributed by atoms with Gasteiger partial charge in [-0.25, -0.2) is 0 Å². The van der Waals surface area contributed by atoms with Crippen LogP contribution in [0.1, 0.15) is 5.56 Å². The summed E-state index contributed by atoms with van der Waals surface area (Å²) in [6, 6.07) is 8.31. The molecule has 0 spiro atoms. The Morgan fingerprint density at radius 3 is 2.00 bits per heavy atom. The lowest BCUT2D eigenvalue weighted by molar-refractivity contribution is -0.242. The van der Waals surface area contributed by atoms with E-state index in [0.717, 1.165) is 4.47 Å². The number of ether oxygens (including phenoxy) is 2. The Bertz CT molecular complexity index is 402. The molecule has 0 saturated carbocycles. The normalized spacial score (nSPS) is 24.8. The molecule has 0 radical (unpaired) electrons. The van der Waals surface area contributed by atoms with E-state index in [2.05, 4.69) is 28.1 Å². The van der Waals surface area contributed by atoms with E-state index in [0.29, 0.717) is 26.4 Å². The predicted octanol–water partition coefficient (Wildman–Crippen LogP) is 1.73. The van der Waals surface area contributed by atoms with Gasteiger partial charge in [-0.05, 0) is 17.7 Å². The van der Waals surface area contributed by atoms with Gasteiger partial charge in [-0.1, -0.05) is 28.1 Å². The van der Waals surface area contributed by atoms with Gasteiger partial charge in [0.25, 0.3) is 0 Å². The number of halogens is 1. The van der Waals surface area contributed by atoms with Crippen molar-refractivity contribution >= 4 is 15.9 Å². The largest absolute Gasteiger partial charge is 0.396 e. The molecule has 3 rings (SSSR count). The number of aliphatic hydroxyl groups is 1. The lowest BCUT2D eigenvalue weighted by Crippen LogP contribution is -2.68. The fourth-order valence-electron chi connectivity index (χ4n) is 2.72. The van der Waals surface area contributed by atoms with Gasteiger partial charge in [-0.3, -0.25) is 0 Å². The third kappa shape index (κ3) is 1.51. The van der Waals surface area contributed by atoms with Crippen LogP contribution in [0, 0.1) is 5.41 Å². The van der Waals surface area contributed by atoms with Gasteiger partial charge in [0.05, 0.1) is 43.9 Å². The highest BCUT2D eigenvalue weighted by molar-refractivity contribution is 9.10. The molecule has 3 nitrogen and oxygen atoms in total. The van der Waals surface area contributed by atoms with Crippen LogP contribution < -0.4 is 0 Å². The van der Waals surface area contributed by atoms with Crippen LogP contribution in [-0.4, -0.2) is 38.1 Å². The lowest BCUT2D eigenvalue weighted by atomic mass is 9.57. The summed E-state index contributed by atoms with van der Waals surface area (Å²) in [7, 11) is 0. The number of benzene rings is 1. The first-order valence-electron chi connectivity index (χ1n) is 5.75. The highest BCUT2D eigenvalue weighted by Gasteiger charge is 2.60. The van der Waals surface area contributed by atoms with Crippen molar-refractivity contribution in [2.75, 3.05) is 33.0 Å². The Hall–Kier alpha value is -0.420. The Morgan fingerprint density at radius 2 is 1.65 bits per heavy atom. The minimum atomic E-state index is -0.154. The Balaban J connectivity index is 1.99. The number of hydrogen-bond donors (Lipinski definition) is 1. The molecule has 0 aliphatic carbocycles. The van der Waals surface area contributed by atoms with Crippen molar-refractivity contribution in [2.45, 2.75) is 5.41 Å². The van der Waals surface area contributed by atoms with E-state index in [-0.39, 0.29) is 17.4 Å². The average Bonchev–Trinajstić information content (AvgIpc) is 2.22. The molecule has 2 aliphatic heterocycles. The first-order valence-corrected chi connectivity index (χ1v) is 6.54.